The first kappa shape index (κ1) is 18.1. The van der Waals surface area contributed by atoms with Gasteiger partial charge in [-0.1, -0.05) is 0 Å². The van der Waals surface area contributed by atoms with Crippen LogP contribution in [0.3, 0.4) is 0 Å². The van der Waals surface area contributed by atoms with E-state index >= 15 is 0 Å². The van der Waals surface area contributed by atoms with Gasteiger partial charge in [-0.25, -0.2) is 9.59 Å². The van der Waals surface area contributed by atoms with E-state index in [1.165, 1.54) is 23.3 Å². The number of carbonyl (C=O) groups is 3. The van der Waals surface area contributed by atoms with Crippen molar-refractivity contribution in [3.63, 3.8) is 0 Å². The number of rotatable bonds is 4. The number of cyclic esters (lactones) is 1. The number of piperidine rings is 1. The fraction of sp³-hybridized carbons (Fsp3) is 0.562. The summed E-state index contributed by atoms with van der Waals surface area (Å²) in [6, 6.07) is 3.01. The molecule has 0 saturated carbocycles. The predicted octanol–water partition coefficient (Wildman–Crippen LogP) is 2.07. The first-order valence-electron chi connectivity index (χ1n) is 8.01. The van der Waals surface area contributed by atoms with E-state index in [0.29, 0.717) is 25.9 Å². The Hall–Kier alpha value is -1.74. The molecule has 0 spiro atoms. The molecule has 0 unspecified atom stereocenters. The van der Waals surface area contributed by atoms with Crippen molar-refractivity contribution in [2.45, 2.75) is 29.1 Å². The topological polar surface area (TPSA) is 76.2 Å². The molecular formula is C16H20N2O5S2. The molecule has 0 aliphatic carbocycles. The highest BCUT2D eigenvalue weighted by Gasteiger charge is 2.44. The lowest BCUT2D eigenvalue weighted by Gasteiger charge is -2.37. The molecule has 1 aromatic rings. The number of esters is 1. The highest BCUT2D eigenvalue weighted by atomic mass is 32.2. The average molecular weight is 384 g/mol. The van der Waals surface area contributed by atoms with Gasteiger partial charge in [-0.2, -0.15) is 0 Å². The Morgan fingerprint density at radius 1 is 1.32 bits per heavy atom. The molecule has 0 aromatic carbocycles. The fourth-order valence-corrected chi connectivity index (χ4v) is 4.71. The van der Waals surface area contributed by atoms with Crippen LogP contribution >= 0.6 is 23.1 Å². The summed E-state index contributed by atoms with van der Waals surface area (Å²) in [6.45, 7) is 1.12. The molecule has 0 bridgehead atoms. The maximum absolute atomic E-state index is 12.6. The molecule has 3 rings (SSSR count). The fourth-order valence-electron chi connectivity index (χ4n) is 3.20. The smallest absolute Gasteiger partial charge is 0.410 e. The van der Waals surface area contributed by atoms with E-state index < -0.39 is 18.1 Å². The maximum atomic E-state index is 12.6. The Morgan fingerprint density at radius 3 is 2.64 bits per heavy atom. The Kier molecular flexibility index (Phi) is 5.53. The zero-order valence-corrected chi connectivity index (χ0v) is 15.7. The number of ether oxygens (including phenoxy) is 2. The number of thioether (sulfide) groups is 1. The third kappa shape index (κ3) is 3.62. The second-order valence-corrected chi connectivity index (χ2v) is 8.06. The number of hydrogen-bond acceptors (Lipinski definition) is 7. The molecule has 3 heterocycles. The van der Waals surface area contributed by atoms with Crippen LogP contribution in [0.1, 0.15) is 22.5 Å². The zero-order valence-electron chi connectivity index (χ0n) is 14.1. The van der Waals surface area contributed by atoms with Crippen molar-refractivity contribution < 1.29 is 23.9 Å². The number of carbonyl (C=O) groups excluding carboxylic acids is 3. The maximum Gasteiger partial charge on any atom is 0.410 e. The monoisotopic (exact) mass is 384 g/mol. The minimum Gasteiger partial charge on any atom is -0.467 e. The molecule has 2 saturated heterocycles. The summed E-state index contributed by atoms with van der Waals surface area (Å²) in [4.78, 5) is 40.4. The average Bonchev–Trinajstić information content (AvgIpc) is 3.27. The van der Waals surface area contributed by atoms with Gasteiger partial charge in [0.15, 0.2) is 6.04 Å². The number of likely N-dealkylation sites (tertiary alicyclic amines) is 1. The van der Waals surface area contributed by atoms with E-state index in [-0.39, 0.29) is 18.6 Å². The summed E-state index contributed by atoms with van der Waals surface area (Å²) in [5, 5.41) is 0. The van der Waals surface area contributed by atoms with Gasteiger partial charge >= 0.3 is 12.1 Å². The van der Waals surface area contributed by atoms with Crippen molar-refractivity contribution in [3.05, 3.63) is 17.0 Å². The number of hydrogen-bond donors (Lipinski definition) is 0. The van der Waals surface area contributed by atoms with Crippen LogP contribution in [0.2, 0.25) is 0 Å². The van der Waals surface area contributed by atoms with Gasteiger partial charge in [0.25, 0.3) is 5.91 Å². The SMILES string of the molecule is COC(=O)[C@H]1COC(=O)N1C1CCN(C(=O)c2ccc(SC)s2)CC1. The van der Waals surface area contributed by atoms with E-state index in [1.807, 2.05) is 18.4 Å². The molecule has 2 aliphatic rings. The van der Waals surface area contributed by atoms with E-state index in [0.717, 1.165) is 9.09 Å². The molecule has 7 nitrogen and oxygen atoms in total. The molecule has 9 heteroatoms. The second-order valence-electron chi connectivity index (χ2n) is 5.87. The molecule has 1 atom stereocenters. The molecule has 25 heavy (non-hydrogen) atoms. The molecule has 1 aromatic heterocycles. The van der Waals surface area contributed by atoms with Crippen molar-refractivity contribution in [1.82, 2.24) is 9.80 Å². The standard InChI is InChI=1S/C16H20N2O5S2/c1-22-15(20)11-9-23-16(21)18(11)10-5-7-17(8-6-10)14(19)12-3-4-13(24-2)25-12/h3-4,10-11H,5-9H2,1-2H3/t11-/m1/s1. The van der Waals surface area contributed by atoms with Crippen LogP contribution in [0.25, 0.3) is 0 Å². The summed E-state index contributed by atoms with van der Waals surface area (Å²) in [7, 11) is 1.30. The molecule has 136 valence electrons. The molecule has 2 aliphatic heterocycles. The van der Waals surface area contributed by atoms with Crippen LogP contribution in [0, 0.1) is 0 Å². The first-order chi connectivity index (χ1) is 12.0. The summed E-state index contributed by atoms with van der Waals surface area (Å²) in [5.41, 5.74) is 0. The van der Waals surface area contributed by atoms with Crippen molar-refractivity contribution in [2.75, 3.05) is 33.1 Å². The van der Waals surface area contributed by atoms with Gasteiger partial charge in [0.2, 0.25) is 0 Å². The lowest BCUT2D eigenvalue weighted by molar-refractivity contribution is -0.145. The highest BCUT2D eigenvalue weighted by Crippen LogP contribution is 2.28. The van der Waals surface area contributed by atoms with Gasteiger partial charge in [0.05, 0.1) is 16.2 Å². The van der Waals surface area contributed by atoms with Crippen molar-refractivity contribution in [2.24, 2.45) is 0 Å². The van der Waals surface area contributed by atoms with Gasteiger partial charge in [-0.05, 0) is 31.2 Å². The van der Waals surface area contributed by atoms with E-state index in [4.69, 9.17) is 9.47 Å². The van der Waals surface area contributed by atoms with Crippen molar-refractivity contribution in [3.8, 4) is 0 Å². The van der Waals surface area contributed by atoms with Crippen LogP contribution < -0.4 is 0 Å². The summed E-state index contributed by atoms with van der Waals surface area (Å²) in [5.74, 6) is -0.440. The summed E-state index contributed by atoms with van der Waals surface area (Å²) in [6.07, 6.45) is 2.74. The number of thiophene rings is 1. The number of nitrogens with zero attached hydrogens (tertiary/aromatic N) is 2. The molecule has 0 N–H and O–H groups in total. The molecule has 2 fully saturated rings. The summed E-state index contributed by atoms with van der Waals surface area (Å²) >= 11 is 3.12. The lowest BCUT2D eigenvalue weighted by Crippen LogP contribution is -2.51. The lowest BCUT2D eigenvalue weighted by atomic mass is 10.0. The van der Waals surface area contributed by atoms with Crippen molar-refractivity contribution in [1.29, 1.82) is 0 Å². The van der Waals surface area contributed by atoms with E-state index in [2.05, 4.69) is 0 Å². The summed E-state index contributed by atoms with van der Waals surface area (Å²) < 4.78 is 10.9. The normalized spacial score (nSPS) is 21.4. The van der Waals surface area contributed by atoms with Gasteiger partial charge in [-0.15, -0.1) is 23.1 Å². The van der Waals surface area contributed by atoms with Gasteiger partial charge in [0.1, 0.15) is 6.61 Å². The van der Waals surface area contributed by atoms with Crippen LogP contribution in [-0.4, -0.2) is 72.9 Å². The Labute approximate surface area is 154 Å². The van der Waals surface area contributed by atoms with Gasteiger partial charge in [0, 0.05) is 19.1 Å². The highest BCUT2D eigenvalue weighted by molar-refractivity contribution is 8.00. The van der Waals surface area contributed by atoms with Crippen LogP contribution in [0.4, 0.5) is 4.79 Å². The molecular weight excluding hydrogens is 364 g/mol. The van der Waals surface area contributed by atoms with Crippen LogP contribution in [-0.2, 0) is 14.3 Å². The van der Waals surface area contributed by atoms with E-state index in [1.54, 1.807) is 16.7 Å². The Balaban J connectivity index is 1.62. The van der Waals surface area contributed by atoms with Crippen molar-refractivity contribution >= 4 is 41.1 Å². The second kappa shape index (κ2) is 7.65. The molecule has 0 radical (unpaired) electrons. The third-order valence-electron chi connectivity index (χ3n) is 4.52. The Bertz CT molecular complexity index is 669. The largest absolute Gasteiger partial charge is 0.467 e. The van der Waals surface area contributed by atoms with Gasteiger partial charge in [-0.3, -0.25) is 9.69 Å². The van der Waals surface area contributed by atoms with Gasteiger partial charge < -0.3 is 14.4 Å². The van der Waals surface area contributed by atoms with E-state index in [9.17, 15) is 14.4 Å². The van der Waals surface area contributed by atoms with Crippen LogP contribution in [0.15, 0.2) is 16.3 Å². The quantitative estimate of drug-likeness (QED) is 0.584. The first-order valence-corrected chi connectivity index (χ1v) is 10.0. The predicted molar refractivity (Wildman–Crippen MR) is 94.0 cm³/mol. The zero-order chi connectivity index (χ0) is 18.0. The number of methoxy groups -OCH3 is 1. The minimum atomic E-state index is -0.689. The van der Waals surface area contributed by atoms with Crippen LogP contribution in [0.5, 0.6) is 0 Å². The minimum absolute atomic E-state index is 0.0251. The Morgan fingerprint density at radius 2 is 2.04 bits per heavy atom. The molecule has 2 amide bonds. The third-order valence-corrected chi connectivity index (χ3v) is 6.68. The number of amides is 2.